The van der Waals surface area contributed by atoms with Gasteiger partial charge in [-0.25, -0.2) is 8.78 Å². The van der Waals surface area contributed by atoms with Crippen molar-refractivity contribution in [2.24, 2.45) is 5.73 Å². The highest BCUT2D eigenvalue weighted by Gasteiger charge is 2.07. The Labute approximate surface area is 117 Å². The second-order valence-corrected chi connectivity index (χ2v) is 4.81. The van der Waals surface area contributed by atoms with E-state index in [2.05, 4.69) is 0 Å². The van der Waals surface area contributed by atoms with Crippen molar-refractivity contribution in [1.82, 2.24) is 4.90 Å². The van der Waals surface area contributed by atoms with Gasteiger partial charge in [0.2, 0.25) is 0 Å². The third-order valence-electron chi connectivity index (χ3n) is 2.49. The maximum atomic E-state index is 12.1. The highest BCUT2D eigenvalue weighted by molar-refractivity contribution is 7.80. The van der Waals surface area contributed by atoms with Crippen molar-refractivity contribution in [3.05, 3.63) is 29.8 Å². The van der Waals surface area contributed by atoms with Crippen LogP contribution in [0.3, 0.4) is 0 Å². The Morgan fingerprint density at radius 2 is 2.00 bits per heavy atom. The van der Waals surface area contributed by atoms with Crippen molar-refractivity contribution in [3.63, 3.8) is 0 Å². The lowest BCUT2D eigenvalue weighted by Crippen LogP contribution is -2.28. The summed E-state index contributed by atoms with van der Waals surface area (Å²) in [6.07, 6.45) is -1.75. The van der Waals surface area contributed by atoms with E-state index in [1.54, 1.807) is 7.05 Å². The van der Waals surface area contributed by atoms with Crippen LogP contribution in [0.4, 0.5) is 8.78 Å². The zero-order valence-electron chi connectivity index (χ0n) is 10.8. The Bertz CT molecular complexity index is 398. The van der Waals surface area contributed by atoms with Crippen LogP contribution in [0.5, 0.6) is 5.75 Å². The molecule has 0 radical (unpaired) electrons. The first-order valence-corrected chi connectivity index (χ1v) is 6.35. The molecular formula is C13H18F2N2OS. The number of hydrogen-bond acceptors (Lipinski definition) is 3. The molecule has 0 bridgehead atoms. The minimum atomic E-state index is -2.32. The van der Waals surface area contributed by atoms with E-state index in [0.29, 0.717) is 30.3 Å². The molecular weight excluding hydrogens is 270 g/mol. The number of alkyl halides is 2. The fourth-order valence-electron chi connectivity index (χ4n) is 1.55. The summed E-state index contributed by atoms with van der Waals surface area (Å²) < 4.78 is 29.6. The van der Waals surface area contributed by atoms with Crippen LogP contribution in [0.1, 0.15) is 5.56 Å². The highest BCUT2D eigenvalue weighted by Crippen LogP contribution is 2.12. The maximum Gasteiger partial charge on any atom is 0.251 e. The molecule has 0 atom stereocenters. The van der Waals surface area contributed by atoms with Crippen molar-refractivity contribution >= 4 is 17.2 Å². The van der Waals surface area contributed by atoms with Crippen LogP contribution in [0.2, 0.25) is 0 Å². The molecule has 106 valence electrons. The monoisotopic (exact) mass is 288 g/mol. The summed E-state index contributed by atoms with van der Waals surface area (Å²) in [5.74, 6) is 0.706. The number of nitrogens with zero attached hydrogens (tertiary/aromatic N) is 1. The van der Waals surface area contributed by atoms with Crippen LogP contribution >= 0.6 is 12.2 Å². The summed E-state index contributed by atoms with van der Waals surface area (Å²) in [5.41, 5.74) is 6.47. The Kier molecular flexibility index (Phi) is 6.66. The van der Waals surface area contributed by atoms with Crippen LogP contribution in [-0.4, -0.2) is 43.1 Å². The Balaban J connectivity index is 2.31. The lowest BCUT2D eigenvalue weighted by atomic mass is 10.1. The number of halogens is 2. The molecule has 0 aliphatic carbocycles. The summed E-state index contributed by atoms with van der Waals surface area (Å²) >= 11 is 4.82. The largest absolute Gasteiger partial charge is 0.492 e. The van der Waals surface area contributed by atoms with Gasteiger partial charge in [0.25, 0.3) is 6.43 Å². The first-order valence-electron chi connectivity index (χ1n) is 5.94. The van der Waals surface area contributed by atoms with Crippen molar-refractivity contribution in [1.29, 1.82) is 0 Å². The molecule has 0 unspecified atom stereocenters. The summed E-state index contributed by atoms with van der Waals surface area (Å²) in [6.45, 7) is 0.590. The van der Waals surface area contributed by atoms with E-state index in [9.17, 15) is 8.78 Å². The number of hydrogen-bond donors (Lipinski definition) is 1. The van der Waals surface area contributed by atoms with Gasteiger partial charge >= 0.3 is 0 Å². The molecule has 6 heteroatoms. The predicted molar refractivity (Wildman–Crippen MR) is 75.9 cm³/mol. The van der Waals surface area contributed by atoms with E-state index in [-0.39, 0.29) is 6.54 Å². The zero-order valence-corrected chi connectivity index (χ0v) is 11.6. The SMILES string of the molecule is CN(CCOc1ccc(CC(N)=S)cc1)CC(F)F. The van der Waals surface area contributed by atoms with Crippen LogP contribution in [0.15, 0.2) is 24.3 Å². The standard InChI is InChI=1S/C13H18F2N2OS/c1-17(9-12(14)15)6-7-18-11-4-2-10(3-5-11)8-13(16)19/h2-5,12H,6-9H2,1H3,(H2,16,19). The minimum Gasteiger partial charge on any atom is -0.492 e. The number of ether oxygens (including phenoxy) is 1. The molecule has 0 aliphatic rings. The number of thiocarbonyl (C=S) groups is 1. The second-order valence-electron chi connectivity index (χ2n) is 4.29. The molecule has 1 rings (SSSR count). The van der Waals surface area contributed by atoms with Gasteiger partial charge in [0.15, 0.2) is 0 Å². The van der Waals surface area contributed by atoms with Crippen LogP contribution in [0, 0.1) is 0 Å². The number of likely N-dealkylation sites (N-methyl/N-ethyl adjacent to an activating group) is 1. The van der Waals surface area contributed by atoms with Gasteiger partial charge in [0, 0.05) is 13.0 Å². The van der Waals surface area contributed by atoms with Crippen molar-refractivity contribution < 1.29 is 13.5 Å². The Hall–Kier alpha value is -1.27. The van der Waals surface area contributed by atoms with Gasteiger partial charge in [-0.3, -0.25) is 4.90 Å². The zero-order chi connectivity index (χ0) is 14.3. The molecule has 0 fully saturated rings. The highest BCUT2D eigenvalue weighted by atomic mass is 32.1. The van der Waals surface area contributed by atoms with Gasteiger partial charge in [-0.15, -0.1) is 0 Å². The fraction of sp³-hybridized carbons (Fsp3) is 0.462. The van der Waals surface area contributed by atoms with Crippen molar-refractivity contribution in [2.75, 3.05) is 26.7 Å². The topological polar surface area (TPSA) is 38.5 Å². The molecule has 0 aromatic heterocycles. The first kappa shape index (κ1) is 15.8. The van der Waals surface area contributed by atoms with Gasteiger partial charge in [-0.2, -0.15) is 0 Å². The molecule has 0 saturated carbocycles. The normalized spacial score (nSPS) is 11.0. The second kappa shape index (κ2) is 8.01. The third kappa shape index (κ3) is 7.03. The van der Waals surface area contributed by atoms with Gasteiger partial charge in [0.05, 0.1) is 11.5 Å². The average molecular weight is 288 g/mol. The average Bonchev–Trinajstić information content (AvgIpc) is 2.29. The van der Waals surface area contributed by atoms with Crippen LogP contribution in [-0.2, 0) is 6.42 Å². The van der Waals surface area contributed by atoms with E-state index < -0.39 is 6.43 Å². The van der Waals surface area contributed by atoms with Gasteiger partial charge in [-0.05, 0) is 24.7 Å². The van der Waals surface area contributed by atoms with E-state index in [4.69, 9.17) is 22.7 Å². The summed E-state index contributed by atoms with van der Waals surface area (Å²) in [4.78, 5) is 1.98. The molecule has 2 N–H and O–H groups in total. The number of rotatable bonds is 8. The lowest BCUT2D eigenvalue weighted by molar-refractivity contribution is 0.0935. The maximum absolute atomic E-state index is 12.1. The lowest BCUT2D eigenvalue weighted by Gasteiger charge is -2.16. The van der Waals surface area contributed by atoms with Gasteiger partial charge < -0.3 is 10.5 Å². The van der Waals surface area contributed by atoms with E-state index in [1.807, 2.05) is 24.3 Å². The van der Waals surface area contributed by atoms with E-state index in [1.165, 1.54) is 4.90 Å². The van der Waals surface area contributed by atoms with E-state index in [0.717, 1.165) is 5.56 Å². The predicted octanol–water partition coefficient (Wildman–Crippen LogP) is 2.09. The molecule has 1 aromatic carbocycles. The Morgan fingerprint density at radius 1 is 1.37 bits per heavy atom. The van der Waals surface area contributed by atoms with Gasteiger partial charge in [0.1, 0.15) is 12.4 Å². The molecule has 0 heterocycles. The van der Waals surface area contributed by atoms with Crippen molar-refractivity contribution in [3.8, 4) is 5.75 Å². The molecule has 0 spiro atoms. The van der Waals surface area contributed by atoms with Crippen LogP contribution < -0.4 is 10.5 Å². The number of nitrogens with two attached hydrogens (primary N) is 1. The molecule has 3 nitrogen and oxygen atoms in total. The summed E-state index contributed by atoms with van der Waals surface area (Å²) in [7, 11) is 1.64. The molecule has 0 saturated heterocycles. The summed E-state index contributed by atoms with van der Waals surface area (Å²) in [5, 5.41) is 0. The van der Waals surface area contributed by atoms with Crippen LogP contribution in [0.25, 0.3) is 0 Å². The number of benzene rings is 1. The Morgan fingerprint density at radius 3 is 2.53 bits per heavy atom. The smallest absolute Gasteiger partial charge is 0.251 e. The first-order chi connectivity index (χ1) is 8.97. The van der Waals surface area contributed by atoms with Gasteiger partial charge in [-0.1, -0.05) is 24.4 Å². The van der Waals surface area contributed by atoms with Crippen molar-refractivity contribution in [2.45, 2.75) is 12.8 Å². The molecule has 0 aliphatic heterocycles. The molecule has 19 heavy (non-hydrogen) atoms. The third-order valence-corrected chi connectivity index (χ3v) is 2.64. The summed E-state index contributed by atoms with van der Waals surface area (Å²) in [6, 6.07) is 7.41. The molecule has 1 aromatic rings. The fourth-order valence-corrected chi connectivity index (χ4v) is 1.72. The quantitative estimate of drug-likeness (QED) is 0.743. The molecule has 0 amide bonds. The minimum absolute atomic E-state index is 0.240. The van der Waals surface area contributed by atoms with E-state index >= 15 is 0 Å².